The molecule has 2 rings (SSSR count). The number of benzene rings is 2. The number of anilines is 1. The van der Waals surface area contributed by atoms with Crippen molar-refractivity contribution in [3.8, 4) is 0 Å². The molecular formula is C13H12FNO2S. The van der Waals surface area contributed by atoms with Crippen LogP contribution in [0.25, 0.3) is 0 Å². The molecule has 0 saturated carbocycles. The summed E-state index contributed by atoms with van der Waals surface area (Å²) in [5, 5.41) is 0. The van der Waals surface area contributed by atoms with Crippen LogP contribution in [-0.4, -0.2) is 8.42 Å². The van der Waals surface area contributed by atoms with Crippen molar-refractivity contribution in [3.63, 3.8) is 0 Å². The fourth-order valence-corrected chi connectivity index (χ4v) is 3.01. The zero-order chi connectivity index (χ0) is 13.2. The lowest BCUT2D eigenvalue weighted by Crippen LogP contribution is -2.05. The van der Waals surface area contributed by atoms with E-state index in [2.05, 4.69) is 0 Å². The minimum atomic E-state index is -3.55. The first-order valence-electron chi connectivity index (χ1n) is 5.30. The summed E-state index contributed by atoms with van der Waals surface area (Å²) >= 11 is 0. The van der Waals surface area contributed by atoms with E-state index in [4.69, 9.17) is 5.73 Å². The van der Waals surface area contributed by atoms with Crippen LogP contribution in [0.1, 0.15) is 5.56 Å². The molecule has 18 heavy (non-hydrogen) atoms. The van der Waals surface area contributed by atoms with Gasteiger partial charge in [-0.1, -0.05) is 18.2 Å². The molecular weight excluding hydrogens is 253 g/mol. The largest absolute Gasteiger partial charge is 0.399 e. The number of sulfone groups is 1. The van der Waals surface area contributed by atoms with Gasteiger partial charge in [0.1, 0.15) is 5.82 Å². The van der Waals surface area contributed by atoms with Crippen LogP contribution in [0, 0.1) is 5.82 Å². The molecule has 0 heterocycles. The van der Waals surface area contributed by atoms with E-state index in [0.29, 0.717) is 11.3 Å². The first-order chi connectivity index (χ1) is 8.47. The van der Waals surface area contributed by atoms with Crippen LogP contribution in [0.3, 0.4) is 0 Å². The van der Waals surface area contributed by atoms with Gasteiger partial charge < -0.3 is 5.73 Å². The average molecular weight is 265 g/mol. The lowest BCUT2D eigenvalue weighted by Gasteiger charge is -2.05. The molecule has 0 amide bonds. The van der Waals surface area contributed by atoms with Gasteiger partial charge in [0.15, 0.2) is 9.84 Å². The Balaban J connectivity index is 2.33. The van der Waals surface area contributed by atoms with Gasteiger partial charge in [0.05, 0.1) is 10.6 Å². The van der Waals surface area contributed by atoms with Gasteiger partial charge in [-0.2, -0.15) is 0 Å². The highest BCUT2D eigenvalue weighted by Crippen LogP contribution is 2.18. The Bertz CT molecular complexity index is 668. The lowest BCUT2D eigenvalue weighted by atomic mass is 10.2. The monoisotopic (exact) mass is 265 g/mol. The van der Waals surface area contributed by atoms with E-state index in [-0.39, 0.29) is 10.6 Å². The Morgan fingerprint density at radius 2 is 1.78 bits per heavy atom. The highest BCUT2D eigenvalue weighted by atomic mass is 32.2. The fourth-order valence-electron chi connectivity index (χ4n) is 1.65. The van der Waals surface area contributed by atoms with Gasteiger partial charge in [-0.3, -0.25) is 0 Å². The maximum atomic E-state index is 13.0. The second kappa shape index (κ2) is 4.78. The van der Waals surface area contributed by atoms with Crippen molar-refractivity contribution >= 4 is 15.5 Å². The maximum Gasteiger partial charge on any atom is 0.182 e. The Morgan fingerprint density at radius 3 is 2.44 bits per heavy atom. The van der Waals surface area contributed by atoms with Crippen LogP contribution in [0.4, 0.5) is 10.1 Å². The Kier molecular flexibility index (Phi) is 3.34. The van der Waals surface area contributed by atoms with Gasteiger partial charge in [-0.05, 0) is 35.9 Å². The van der Waals surface area contributed by atoms with E-state index in [9.17, 15) is 12.8 Å². The smallest absolute Gasteiger partial charge is 0.182 e. The molecule has 2 aromatic carbocycles. The molecule has 2 aromatic rings. The molecule has 0 aliphatic carbocycles. The molecule has 0 aliphatic rings. The van der Waals surface area contributed by atoms with Crippen molar-refractivity contribution in [1.82, 2.24) is 0 Å². The third kappa shape index (κ3) is 2.87. The topological polar surface area (TPSA) is 60.2 Å². The number of halogens is 1. The van der Waals surface area contributed by atoms with Crippen LogP contribution in [0.15, 0.2) is 53.4 Å². The Morgan fingerprint density at radius 1 is 1.06 bits per heavy atom. The molecule has 2 N–H and O–H groups in total. The standard InChI is InChI=1S/C13H12FNO2S/c14-11-4-2-6-13(8-11)18(16,17)9-10-3-1-5-12(15)7-10/h1-8H,9,15H2. The fraction of sp³-hybridized carbons (Fsp3) is 0.0769. The number of nitrogens with two attached hydrogens (primary N) is 1. The van der Waals surface area contributed by atoms with Crippen molar-refractivity contribution in [2.45, 2.75) is 10.6 Å². The molecule has 0 spiro atoms. The molecule has 0 saturated heterocycles. The molecule has 0 bridgehead atoms. The van der Waals surface area contributed by atoms with Crippen LogP contribution in [0.2, 0.25) is 0 Å². The molecule has 0 radical (unpaired) electrons. The summed E-state index contributed by atoms with van der Waals surface area (Å²) < 4.78 is 37.1. The van der Waals surface area contributed by atoms with Crippen molar-refractivity contribution < 1.29 is 12.8 Å². The highest BCUT2D eigenvalue weighted by molar-refractivity contribution is 7.90. The van der Waals surface area contributed by atoms with E-state index >= 15 is 0 Å². The molecule has 0 unspecified atom stereocenters. The predicted octanol–water partition coefficient (Wildman–Crippen LogP) is 2.38. The third-order valence-corrected chi connectivity index (χ3v) is 4.15. The van der Waals surface area contributed by atoms with Crippen molar-refractivity contribution in [3.05, 3.63) is 59.9 Å². The van der Waals surface area contributed by atoms with E-state index in [1.54, 1.807) is 24.3 Å². The van der Waals surface area contributed by atoms with E-state index < -0.39 is 15.7 Å². The minimum Gasteiger partial charge on any atom is -0.399 e. The lowest BCUT2D eigenvalue weighted by molar-refractivity contribution is 0.590. The summed E-state index contributed by atoms with van der Waals surface area (Å²) in [5.41, 5.74) is 6.67. The number of nitrogen functional groups attached to an aromatic ring is 1. The second-order valence-corrected chi connectivity index (χ2v) is 5.95. The molecule has 0 atom stereocenters. The van der Waals surface area contributed by atoms with Gasteiger partial charge in [0.25, 0.3) is 0 Å². The summed E-state index contributed by atoms with van der Waals surface area (Å²) in [6.45, 7) is 0. The molecule has 5 heteroatoms. The van der Waals surface area contributed by atoms with Crippen molar-refractivity contribution in [2.24, 2.45) is 0 Å². The van der Waals surface area contributed by atoms with Gasteiger partial charge >= 0.3 is 0 Å². The Labute approximate surface area is 105 Å². The molecule has 94 valence electrons. The van der Waals surface area contributed by atoms with Crippen molar-refractivity contribution in [1.29, 1.82) is 0 Å². The molecule has 0 fully saturated rings. The summed E-state index contributed by atoms with van der Waals surface area (Å²) in [7, 11) is -3.55. The molecule has 0 aromatic heterocycles. The average Bonchev–Trinajstić information content (AvgIpc) is 2.28. The number of hydrogen-bond donors (Lipinski definition) is 1. The van der Waals surface area contributed by atoms with Crippen molar-refractivity contribution in [2.75, 3.05) is 5.73 Å². The molecule has 0 aliphatic heterocycles. The molecule has 3 nitrogen and oxygen atoms in total. The SMILES string of the molecule is Nc1cccc(CS(=O)(=O)c2cccc(F)c2)c1. The highest BCUT2D eigenvalue weighted by Gasteiger charge is 2.15. The van der Waals surface area contributed by atoms with Gasteiger partial charge in [0.2, 0.25) is 0 Å². The Hall–Kier alpha value is -1.88. The predicted molar refractivity (Wildman–Crippen MR) is 68.1 cm³/mol. The summed E-state index contributed by atoms with van der Waals surface area (Å²) in [6.07, 6.45) is 0. The van der Waals surface area contributed by atoms with E-state index in [0.717, 1.165) is 6.07 Å². The van der Waals surface area contributed by atoms with Crippen LogP contribution < -0.4 is 5.73 Å². The second-order valence-electron chi connectivity index (χ2n) is 3.96. The zero-order valence-electron chi connectivity index (χ0n) is 9.51. The summed E-state index contributed by atoms with van der Waals surface area (Å²) in [5.74, 6) is -0.759. The number of hydrogen-bond acceptors (Lipinski definition) is 3. The van der Waals surface area contributed by atoms with E-state index in [1.807, 2.05) is 0 Å². The normalized spacial score (nSPS) is 11.4. The van der Waals surface area contributed by atoms with Crippen LogP contribution in [-0.2, 0) is 15.6 Å². The summed E-state index contributed by atoms with van der Waals surface area (Å²) in [6, 6.07) is 11.6. The first-order valence-corrected chi connectivity index (χ1v) is 6.95. The van der Waals surface area contributed by atoms with Gasteiger partial charge in [0, 0.05) is 5.69 Å². The van der Waals surface area contributed by atoms with E-state index in [1.165, 1.54) is 18.2 Å². The van der Waals surface area contributed by atoms with Gasteiger partial charge in [-0.15, -0.1) is 0 Å². The van der Waals surface area contributed by atoms with Crippen LogP contribution >= 0.6 is 0 Å². The third-order valence-electron chi connectivity index (χ3n) is 2.46. The number of rotatable bonds is 3. The van der Waals surface area contributed by atoms with Gasteiger partial charge in [-0.25, -0.2) is 12.8 Å². The minimum absolute atomic E-state index is 0.0232. The first kappa shape index (κ1) is 12.6. The maximum absolute atomic E-state index is 13.0. The quantitative estimate of drug-likeness (QED) is 0.867. The van der Waals surface area contributed by atoms with Crippen LogP contribution in [0.5, 0.6) is 0 Å². The zero-order valence-corrected chi connectivity index (χ0v) is 10.3. The summed E-state index contributed by atoms with van der Waals surface area (Å²) in [4.78, 5) is -0.0232.